The maximum absolute atomic E-state index is 12.5. The molecule has 0 aliphatic carbocycles. The molecule has 0 radical (unpaired) electrons. The number of para-hydroxylation sites is 1. The zero-order chi connectivity index (χ0) is 24.2. The lowest BCUT2D eigenvalue weighted by Crippen LogP contribution is -2.27. The number of rotatable bonds is 7. The minimum atomic E-state index is -0.675. The van der Waals surface area contributed by atoms with Gasteiger partial charge in [-0.2, -0.15) is 5.10 Å². The van der Waals surface area contributed by atoms with Gasteiger partial charge in [-0.15, -0.1) is 0 Å². The third-order valence-electron chi connectivity index (χ3n) is 5.08. The molecule has 5 rings (SSSR count). The lowest BCUT2D eigenvalue weighted by Gasteiger charge is -2.08. The van der Waals surface area contributed by atoms with Gasteiger partial charge in [0.15, 0.2) is 5.65 Å². The van der Waals surface area contributed by atoms with Crippen LogP contribution in [0.3, 0.4) is 0 Å². The summed E-state index contributed by atoms with van der Waals surface area (Å²) in [5.41, 5.74) is 1.20. The number of amides is 1. The van der Waals surface area contributed by atoms with E-state index in [0.717, 1.165) is 17.4 Å². The van der Waals surface area contributed by atoms with Crippen molar-refractivity contribution < 1.29 is 4.79 Å². The van der Waals surface area contributed by atoms with Crippen molar-refractivity contribution in [2.75, 3.05) is 11.1 Å². The van der Waals surface area contributed by atoms with Crippen molar-refractivity contribution >= 4 is 34.4 Å². The largest absolute Gasteiger partial charge is 0.325 e. The van der Waals surface area contributed by atoms with E-state index in [2.05, 4.69) is 20.4 Å². The number of aromatic amines is 2. The molecule has 1 amide bonds. The minimum Gasteiger partial charge on any atom is -0.320 e. The van der Waals surface area contributed by atoms with Gasteiger partial charge in [-0.1, -0.05) is 60.3 Å². The Hall–Kier alpha value is -4.51. The zero-order valence-corrected chi connectivity index (χ0v) is 19.1. The average molecular weight is 486 g/mol. The number of nitrogens with one attached hydrogen (secondary N) is 3. The van der Waals surface area contributed by atoms with Gasteiger partial charge in [-0.3, -0.25) is 14.6 Å². The van der Waals surface area contributed by atoms with Crippen LogP contribution in [0.5, 0.6) is 0 Å². The first kappa shape index (κ1) is 22.3. The lowest BCUT2D eigenvalue weighted by atomic mass is 10.1. The summed E-state index contributed by atoms with van der Waals surface area (Å²) in [5.74, 6) is 0.173. The number of H-pyrrole nitrogens is 2. The van der Waals surface area contributed by atoms with Gasteiger partial charge in [0.05, 0.1) is 23.0 Å². The van der Waals surface area contributed by atoms with Crippen LogP contribution in [0.15, 0.2) is 87.7 Å². The lowest BCUT2D eigenvalue weighted by molar-refractivity contribution is -0.113. The monoisotopic (exact) mass is 485 g/mol. The Morgan fingerprint density at radius 2 is 1.74 bits per heavy atom. The van der Waals surface area contributed by atoms with Gasteiger partial charge in [-0.25, -0.2) is 19.4 Å². The summed E-state index contributed by atoms with van der Waals surface area (Å²) < 4.78 is 1.75. The number of fused-ring (bicyclic) bond motifs is 1. The van der Waals surface area contributed by atoms with E-state index in [-0.39, 0.29) is 11.4 Å². The highest BCUT2D eigenvalue weighted by molar-refractivity contribution is 8.00. The third kappa shape index (κ3) is 5.04. The first-order valence-electron chi connectivity index (χ1n) is 10.7. The Morgan fingerprint density at radius 3 is 2.49 bits per heavy atom. The van der Waals surface area contributed by atoms with Crippen LogP contribution in [0.4, 0.5) is 5.69 Å². The molecule has 11 heteroatoms. The SMILES string of the molecule is O=C(CSc1nc(Cc2ccccc2)nc2c1cnn2-c1ccccc1)Nc1c[nH]c(=O)[nH]c1=O. The second-order valence-electron chi connectivity index (χ2n) is 7.56. The van der Waals surface area contributed by atoms with Crippen molar-refractivity contribution in [3.8, 4) is 5.69 Å². The van der Waals surface area contributed by atoms with E-state index in [1.165, 1.54) is 11.8 Å². The van der Waals surface area contributed by atoms with Crippen molar-refractivity contribution in [3.63, 3.8) is 0 Å². The maximum Gasteiger partial charge on any atom is 0.325 e. The highest BCUT2D eigenvalue weighted by Gasteiger charge is 2.16. The molecule has 0 unspecified atom stereocenters. The molecule has 3 N–H and O–H groups in total. The Labute approximate surface area is 202 Å². The number of aromatic nitrogens is 6. The normalized spacial score (nSPS) is 11.0. The van der Waals surface area contributed by atoms with Gasteiger partial charge in [0.2, 0.25) is 5.91 Å². The smallest absolute Gasteiger partial charge is 0.320 e. The van der Waals surface area contributed by atoms with Crippen molar-refractivity contribution in [1.29, 1.82) is 0 Å². The van der Waals surface area contributed by atoms with Crippen LogP contribution in [-0.2, 0) is 11.2 Å². The van der Waals surface area contributed by atoms with Crippen LogP contribution >= 0.6 is 11.8 Å². The first-order valence-corrected chi connectivity index (χ1v) is 11.6. The molecule has 0 spiro atoms. The van der Waals surface area contributed by atoms with Crippen LogP contribution in [0, 0.1) is 0 Å². The molecule has 0 saturated carbocycles. The summed E-state index contributed by atoms with van der Waals surface area (Å²) in [6.07, 6.45) is 3.36. The Morgan fingerprint density at radius 1 is 1.00 bits per heavy atom. The fourth-order valence-electron chi connectivity index (χ4n) is 3.47. The second kappa shape index (κ2) is 9.77. The molecular weight excluding hydrogens is 466 g/mol. The Balaban J connectivity index is 1.46. The molecule has 2 aromatic carbocycles. The summed E-state index contributed by atoms with van der Waals surface area (Å²) in [7, 11) is 0. The second-order valence-corrected chi connectivity index (χ2v) is 8.52. The molecule has 0 fully saturated rings. The number of carbonyl (C=O) groups excluding carboxylic acids is 1. The molecule has 3 aromatic heterocycles. The number of hydrogen-bond acceptors (Lipinski definition) is 7. The fourth-order valence-corrected chi connectivity index (χ4v) is 4.28. The van der Waals surface area contributed by atoms with Gasteiger partial charge in [0.25, 0.3) is 5.56 Å². The van der Waals surface area contributed by atoms with Crippen molar-refractivity contribution in [2.24, 2.45) is 0 Å². The fraction of sp³-hybridized carbons (Fsp3) is 0.0833. The van der Waals surface area contributed by atoms with Gasteiger partial charge in [0.1, 0.15) is 16.5 Å². The summed E-state index contributed by atoms with van der Waals surface area (Å²) in [5, 5.41) is 8.33. The molecule has 0 aliphatic rings. The molecule has 0 saturated heterocycles. The predicted octanol–water partition coefficient (Wildman–Crippen LogP) is 2.51. The first-order chi connectivity index (χ1) is 17.1. The van der Waals surface area contributed by atoms with Crippen molar-refractivity contribution in [2.45, 2.75) is 11.4 Å². The van der Waals surface area contributed by atoms with Crippen molar-refractivity contribution in [1.82, 2.24) is 29.7 Å². The molecular formula is C24H19N7O3S. The molecule has 0 atom stereocenters. The molecule has 5 aromatic rings. The summed E-state index contributed by atoms with van der Waals surface area (Å²) in [6.45, 7) is 0. The van der Waals surface area contributed by atoms with Crippen LogP contribution in [0.25, 0.3) is 16.7 Å². The summed E-state index contributed by atoms with van der Waals surface area (Å²) in [6, 6.07) is 19.5. The number of carbonyl (C=O) groups is 1. The Bertz CT molecular complexity index is 1610. The molecule has 10 nitrogen and oxygen atoms in total. The van der Waals surface area contributed by atoms with Crippen LogP contribution < -0.4 is 16.6 Å². The van der Waals surface area contributed by atoms with Gasteiger partial charge in [-0.05, 0) is 17.7 Å². The van der Waals surface area contributed by atoms with E-state index in [4.69, 9.17) is 9.97 Å². The van der Waals surface area contributed by atoms with Crippen LogP contribution in [-0.4, -0.2) is 41.4 Å². The van der Waals surface area contributed by atoms with Crippen LogP contribution in [0.2, 0.25) is 0 Å². The number of anilines is 1. The van der Waals surface area contributed by atoms with Gasteiger partial charge >= 0.3 is 5.69 Å². The van der Waals surface area contributed by atoms with E-state index >= 15 is 0 Å². The highest BCUT2D eigenvalue weighted by atomic mass is 32.2. The number of benzene rings is 2. The van der Waals surface area contributed by atoms with E-state index in [1.54, 1.807) is 10.9 Å². The molecule has 0 bridgehead atoms. The zero-order valence-electron chi connectivity index (χ0n) is 18.3. The highest BCUT2D eigenvalue weighted by Crippen LogP contribution is 2.27. The molecule has 174 valence electrons. The van der Waals surface area contributed by atoms with Crippen molar-refractivity contribution in [3.05, 3.63) is 105 Å². The topological polar surface area (TPSA) is 138 Å². The quantitative estimate of drug-likeness (QED) is 0.238. The van der Waals surface area contributed by atoms with E-state index in [0.29, 0.717) is 28.3 Å². The van der Waals surface area contributed by atoms with E-state index in [1.807, 2.05) is 60.7 Å². The van der Waals surface area contributed by atoms with Crippen LogP contribution in [0.1, 0.15) is 11.4 Å². The standard InChI is InChI=1S/C24H19N7O3S/c32-20(27-18-13-25-24(34)30-22(18)33)14-35-23-17-12-26-31(16-9-5-2-6-10-16)21(17)28-19(29-23)11-15-7-3-1-4-8-15/h1-10,12-13H,11,14H2,(H,27,32)(H2,25,30,33,34). The number of nitrogens with zero attached hydrogens (tertiary/aromatic N) is 4. The van der Waals surface area contributed by atoms with Gasteiger partial charge < -0.3 is 10.3 Å². The minimum absolute atomic E-state index is 0.00796. The predicted molar refractivity (Wildman–Crippen MR) is 133 cm³/mol. The molecule has 35 heavy (non-hydrogen) atoms. The van der Waals surface area contributed by atoms with E-state index in [9.17, 15) is 14.4 Å². The number of thioether (sulfide) groups is 1. The van der Waals surface area contributed by atoms with Gasteiger partial charge in [0, 0.05) is 12.6 Å². The van der Waals surface area contributed by atoms with E-state index < -0.39 is 17.2 Å². The number of hydrogen-bond donors (Lipinski definition) is 3. The molecule has 0 aliphatic heterocycles. The molecule has 3 heterocycles. The summed E-state index contributed by atoms with van der Waals surface area (Å²) >= 11 is 1.22. The Kier molecular flexibility index (Phi) is 6.22. The summed E-state index contributed by atoms with van der Waals surface area (Å²) in [4.78, 5) is 49.4. The maximum atomic E-state index is 12.5. The third-order valence-corrected chi connectivity index (χ3v) is 6.07. The average Bonchev–Trinajstić information content (AvgIpc) is 3.30.